The summed E-state index contributed by atoms with van der Waals surface area (Å²) >= 11 is 0. The van der Waals surface area contributed by atoms with Crippen molar-refractivity contribution in [2.45, 2.75) is 19.4 Å². The SMILES string of the molecule is CC(N)CC(=O)[O-].O=S(=O)([O-])[O-]. The lowest BCUT2D eigenvalue weighted by Crippen LogP contribution is -2.29. The van der Waals surface area contributed by atoms with Crippen LogP contribution in [0.4, 0.5) is 0 Å². The summed E-state index contributed by atoms with van der Waals surface area (Å²) in [7, 11) is -5.17. The quantitative estimate of drug-likeness (QED) is 0.370. The first-order valence-corrected chi connectivity index (χ1v) is 4.08. The van der Waals surface area contributed by atoms with E-state index in [1.54, 1.807) is 6.92 Å². The van der Waals surface area contributed by atoms with Crippen molar-refractivity contribution in [3.63, 3.8) is 0 Å². The number of aliphatic carboxylic acids is 1. The molecule has 0 aromatic carbocycles. The Morgan fingerprint density at radius 2 is 1.75 bits per heavy atom. The van der Waals surface area contributed by atoms with E-state index in [0.29, 0.717) is 0 Å². The molecule has 0 amide bonds. The lowest BCUT2D eigenvalue weighted by molar-refractivity contribution is -0.305. The van der Waals surface area contributed by atoms with Crippen LogP contribution >= 0.6 is 0 Å². The Bertz CT molecular complexity index is 212. The van der Waals surface area contributed by atoms with Gasteiger partial charge in [-0.1, -0.05) is 0 Å². The van der Waals surface area contributed by atoms with E-state index in [4.69, 9.17) is 23.3 Å². The minimum Gasteiger partial charge on any atom is -0.759 e. The normalized spacial score (nSPS) is 12.7. The molecule has 0 fully saturated rings. The molecule has 7 nitrogen and oxygen atoms in total. The van der Waals surface area contributed by atoms with Crippen LogP contribution in [0.15, 0.2) is 0 Å². The van der Waals surface area contributed by atoms with Crippen LogP contribution in [0.25, 0.3) is 0 Å². The third-order valence-electron chi connectivity index (χ3n) is 0.489. The molecule has 0 radical (unpaired) electrons. The molecule has 0 aliphatic rings. The summed E-state index contributed by atoms with van der Waals surface area (Å²) in [6.45, 7) is 1.62. The Balaban J connectivity index is 0. The maximum Gasteiger partial charge on any atom is 0.0429 e. The van der Waals surface area contributed by atoms with Crippen LogP contribution < -0.4 is 10.8 Å². The van der Waals surface area contributed by atoms with Crippen molar-refractivity contribution < 1.29 is 27.4 Å². The van der Waals surface area contributed by atoms with Gasteiger partial charge in [0.2, 0.25) is 0 Å². The first kappa shape index (κ1) is 13.9. The highest BCUT2D eigenvalue weighted by molar-refractivity contribution is 7.79. The molecule has 74 valence electrons. The van der Waals surface area contributed by atoms with E-state index in [9.17, 15) is 9.90 Å². The second kappa shape index (κ2) is 5.89. The predicted octanol–water partition coefficient (Wildman–Crippen LogP) is -2.86. The zero-order valence-corrected chi connectivity index (χ0v) is 7.04. The molecular formula is C4H8NO6S-3. The van der Waals surface area contributed by atoms with Crippen LogP contribution in [0.1, 0.15) is 13.3 Å². The molecule has 0 spiro atoms. The average Bonchev–Trinajstić information content (AvgIpc) is 1.52. The molecule has 0 aliphatic carbocycles. The van der Waals surface area contributed by atoms with Crippen molar-refractivity contribution in [3.8, 4) is 0 Å². The van der Waals surface area contributed by atoms with E-state index in [2.05, 4.69) is 0 Å². The molecule has 0 aromatic heterocycles. The van der Waals surface area contributed by atoms with E-state index in [1.807, 2.05) is 0 Å². The fraction of sp³-hybridized carbons (Fsp3) is 0.750. The summed E-state index contributed by atoms with van der Waals surface area (Å²) < 4.78 is 34.1. The van der Waals surface area contributed by atoms with Crippen LogP contribution in [0.2, 0.25) is 0 Å². The number of hydrogen-bond acceptors (Lipinski definition) is 7. The van der Waals surface area contributed by atoms with Gasteiger partial charge in [0, 0.05) is 28.8 Å². The Hall–Kier alpha value is -0.700. The fourth-order valence-electron chi connectivity index (χ4n) is 0.263. The highest BCUT2D eigenvalue weighted by atomic mass is 32.3. The summed E-state index contributed by atoms with van der Waals surface area (Å²) in [5.74, 6) is -1.09. The van der Waals surface area contributed by atoms with Crippen molar-refractivity contribution in [1.29, 1.82) is 0 Å². The van der Waals surface area contributed by atoms with Crippen molar-refractivity contribution in [1.82, 2.24) is 0 Å². The van der Waals surface area contributed by atoms with Crippen molar-refractivity contribution in [3.05, 3.63) is 0 Å². The van der Waals surface area contributed by atoms with Crippen LogP contribution in [0.5, 0.6) is 0 Å². The standard InChI is InChI=1S/C4H9NO2.H2O4S/c1-3(5)2-4(6)7;1-5(2,3)4/h3H,2,5H2,1H3,(H,6,7);(H2,1,2,3,4)/p-3. The highest BCUT2D eigenvalue weighted by Gasteiger charge is 1.90. The maximum absolute atomic E-state index is 9.62. The Morgan fingerprint density at radius 1 is 1.50 bits per heavy atom. The largest absolute Gasteiger partial charge is 0.759 e. The van der Waals surface area contributed by atoms with E-state index in [-0.39, 0.29) is 12.5 Å². The molecule has 8 heteroatoms. The summed E-state index contributed by atoms with van der Waals surface area (Å²) in [6, 6.07) is -0.287. The van der Waals surface area contributed by atoms with Crippen molar-refractivity contribution >= 4 is 16.4 Å². The zero-order valence-electron chi connectivity index (χ0n) is 6.22. The van der Waals surface area contributed by atoms with E-state index in [0.717, 1.165) is 0 Å². The zero-order chi connectivity index (χ0) is 10.4. The average molecular weight is 198 g/mol. The van der Waals surface area contributed by atoms with Crippen molar-refractivity contribution in [2.75, 3.05) is 0 Å². The second-order valence-corrected chi connectivity index (χ2v) is 2.78. The Morgan fingerprint density at radius 3 is 1.75 bits per heavy atom. The molecule has 1 unspecified atom stereocenters. The van der Waals surface area contributed by atoms with Crippen LogP contribution in [-0.2, 0) is 15.2 Å². The van der Waals surface area contributed by atoms with Gasteiger partial charge in [0.15, 0.2) is 0 Å². The molecule has 0 aromatic rings. The minimum atomic E-state index is -5.17. The van der Waals surface area contributed by atoms with E-state index in [1.165, 1.54) is 0 Å². The monoisotopic (exact) mass is 198 g/mol. The third kappa shape index (κ3) is 58.8. The molecule has 0 rings (SSSR count). The van der Waals surface area contributed by atoms with Gasteiger partial charge in [-0.3, -0.25) is 8.42 Å². The smallest absolute Gasteiger partial charge is 0.0429 e. The third-order valence-corrected chi connectivity index (χ3v) is 0.489. The number of carboxylic acids is 1. The molecule has 12 heavy (non-hydrogen) atoms. The summed E-state index contributed by atoms with van der Waals surface area (Å²) in [6.07, 6.45) is -0.0556. The number of rotatable bonds is 2. The number of carbonyl (C=O) groups excluding carboxylic acids is 1. The van der Waals surface area contributed by atoms with Gasteiger partial charge in [0.25, 0.3) is 0 Å². The summed E-state index contributed by atoms with van der Waals surface area (Å²) in [5.41, 5.74) is 5.07. The maximum atomic E-state index is 9.62. The molecule has 2 N–H and O–H groups in total. The lowest BCUT2D eigenvalue weighted by atomic mass is 10.3. The number of carbonyl (C=O) groups is 1. The fourth-order valence-corrected chi connectivity index (χ4v) is 0.263. The predicted molar refractivity (Wildman–Crippen MR) is 33.7 cm³/mol. The van der Waals surface area contributed by atoms with Gasteiger partial charge in [-0.05, 0) is 6.92 Å². The van der Waals surface area contributed by atoms with Gasteiger partial charge in [-0.15, -0.1) is 0 Å². The molecular weight excluding hydrogens is 190 g/mol. The molecule has 1 atom stereocenters. The molecule has 0 bridgehead atoms. The highest BCUT2D eigenvalue weighted by Crippen LogP contribution is 1.79. The van der Waals surface area contributed by atoms with Crippen LogP contribution in [-0.4, -0.2) is 29.5 Å². The lowest BCUT2D eigenvalue weighted by Gasteiger charge is -2.06. The van der Waals surface area contributed by atoms with Gasteiger partial charge >= 0.3 is 0 Å². The minimum absolute atomic E-state index is 0.0556. The molecule has 0 heterocycles. The molecule has 0 saturated carbocycles. The van der Waals surface area contributed by atoms with Gasteiger partial charge < -0.3 is 24.7 Å². The Labute approximate surface area is 69.8 Å². The molecule has 0 aliphatic heterocycles. The van der Waals surface area contributed by atoms with Gasteiger partial charge in [0.05, 0.1) is 0 Å². The number of carboxylic acid groups (broad SMARTS) is 1. The first-order chi connectivity index (χ1) is 5.13. The van der Waals surface area contributed by atoms with Gasteiger partial charge in [0.1, 0.15) is 0 Å². The van der Waals surface area contributed by atoms with Gasteiger partial charge in [-0.2, -0.15) is 0 Å². The summed E-state index contributed by atoms with van der Waals surface area (Å²) in [5, 5.41) is 9.62. The van der Waals surface area contributed by atoms with Gasteiger partial charge in [-0.25, -0.2) is 0 Å². The van der Waals surface area contributed by atoms with Crippen LogP contribution in [0.3, 0.4) is 0 Å². The molecule has 0 saturated heterocycles. The number of hydrogen-bond donors (Lipinski definition) is 1. The topological polar surface area (TPSA) is 146 Å². The first-order valence-electron chi connectivity index (χ1n) is 2.75. The summed E-state index contributed by atoms with van der Waals surface area (Å²) in [4.78, 5) is 9.62. The van der Waals surface area contributed by atoms with Crippen molar-refractivity contribution in [2.24, 2.45) is 5.73 Å². The van der Waals surface area contributed by atoms with Crippen LogP contribution in [0, 0.1) is 0 Å². The number of nitrogens with two attached hydrogens (primary N) is 1. The Kier molecular flexibility index (Phi) is 6.80. The van der Waals surface area contributed by atoms with E-state index >= 15 is 0 Å². The second-order valence-electron chi connectivity index (χ2n) is 1.96. The van der Waals surface area contributed by atoms with E-state index < -0.39 is 16.4 Å².